The lowest BCUT2D eigenvalue weighted by molar-refractivity contribution is 0.0926. The number of aromatic nitrogens is 2. The lowest BCUT2D eigenvalue weighted by atomic mass is 10.1. The first-order valence-electron chi connectivity index (χ1n) is 8.84. The number of hydrogen-bond donors (Lipinski definition) is 2. The molecule has 2 amide bonds. The third-order valence-electron chi connectivity index (χ3n) is 4.68. The number of benzene rings is 1. The lowest BCUT2D eigenvalue weighted by Gasteiger charge is -2.11. The van der Waals surface area contributed by atoms with Crippen LogP contribution in [0.2, 0.25) is 0 Å². The molecule has 0 bridgehead atoms. The predicted octanol–water partition coefficient (Wildman–Crippen LogP) is 2.07. The second-order valence-electron chi connectivity index (χ2n) is 6.64. The fourth-order valence-electron chi connectivity index (χ4n) is 3.26. The van der Waals surface area contributed by atoms with E-state index in [1.165, 1.54) is 6.26 Å². The SMILES string of the molecule is Cc1occc1C(=O)N[C@H]1Cc2cc(C(=O)NCc3ccccc3)nn2C1. The summed E-state index contributed by atoms with van der Waals surface area (Å²) in [5.74, 6) is 0.244. The second-order valence-corrected chi connectivity index (χ2v) is 6.64. The van der Waals surface area contributed by atoms with Gasteiger partial charge in [-0.3, -0.25) is 14.3 Å². The maximum absolute atomic E-state index is 12.3. The summed E-state index contributed by atoms with van der Waals surface area (Å²) >= 11 is 0. The van der Waals surface area contributed by atoms with Crippen LogP contribution in [0.3, 0.4) is 0 Å². The minimum Gasteiger partial charge on any atom is -0.469 e. The Morgan fingerprint density at radius 2 is 2.04 bits per heavy atom. The van der Waals surface area contributed by atoms with Gasteiger partial charge in [-0.15, -0.1) is 0 Å². The molecule has 0 aliphatic carbocycles. The van der Waals surface area contributed by atoms with Gasteiger partial charge in [0.05, 0.1) is 24.4 Å². The Labute approximate surface area is 156 Å². The van der Waals surface area contributed by atoms with Gasteiger partial charge in [0.25, 0.3) is 11.8 Å². The highest BCUT2D eigenvalue weighted by molar-refractivity contribution is 5.95. The van der Waals surface area contributed by atoms with E-state index in [0.717, 1.165) is 11.3 Å². The molecule has 1 aromatic carbocycles. The summed E-state index contributed by atoms with van der Waals surface area (Å²) in [6.45, 7) is 2.77. The molecule has 138 valence electrons. The zero-order valence-electron chi connectivity index (χ0n) is 14.9. The van der Waals surface area contributed by atoms with E-state index in [2.05, 4.69) is 15.7 Å². The van der Waals surface area contributed by atoms with Crippen molar-refractivity contribution in [2.24, 2.45) is 0 Å². The molecule has 0 unspecified atom stereocenters. The quantitative estimate of drug-likeness (QED) is 0.725. The molecule has 4 rings (SSSR count). The first-order chi connectivity index (χ1) is 13.1. The summed E-state index contributed by atoms with van der Waals surface area (Å²) < 4.78 is 6.95. The smallest absolute Gasteiger partial charge is 0.272 e. The van der Waals surface area contributed by atoms with Gasteiger partial charge in [0.2, 0.25) is 0 Å². The number of hydrogen-bond acceptors (Lipinski definition) is 4. The Balaban J connectivity index is 1.34. The summed E-state index contributed by atoms with van der Waals surface area (Å²) in [5.41, 5.74) is 2.92. The van der Waals surface area contributed by atoms with Gasteiger partial charge in [-0.05, 0) is 24.6 Å². The fraction of sp³-hybridized carbons (Fsp3) is 0.250. The fourth-order valence-corrected chi connectivity index (χ4v) is 3.26. The van der Waals surface area contributed by atoms with Crippen LogP contribution in [-0.4, -0.2) is 27.6 Å². The van der Waals surface area contributed by atoms with Crippen LogP contribution in [0.15, 0.2) is 53.1 Å². The van der Waals surface area contributed by atoms with Gasteiger partial charge in [-0.25, -0.2) is 0 Å². The van der Waals surface area contributed by atoms with Gasteiger partial charge >= 0.3 is 0 Å². The number of aryl methyl sites for hydroxylation is 1. The zero-order valence-corrected chi connectivity index (χ0v) is 14.9. The number of amides is 2. The Morgan fingerprint density at radius 1 is 1.22 bits per heavy atom. The number of furan rings is 1. The number of nitrogens with one attached hydrogen (secondary N) is 2. The Bertz CT molecular complexity index is 951. The van der Waals surface area contributed by atoms with Crippen molar-refractivity contribution >= 4 is 11.8 Å². The molecule has 2 aromatic heterocycles. The van der Waals surface area contributed by atoms with Crippen LogP contribution >= 0.6 is 0 Å². The molecule has 1 atom stereocenters. The molecule has 3 aromatic rings. The maximum atomic E-state index is 12.3. The van der Waals surface area contributed by atoms with Crippen molar-refractivity contribution in [3.8, 4) is 0 Å². The molecule has 0 spiro atoms. The number of nitrogens with zero attached hydrogens (tertiary/aromatic N) is 2. The average Bonchev–Trinajstić information content (AvgIpc) is 3.35. The van der Waals surface area contributed by atoms with Crippen LogP contribution in [-0.2, 0) is 19.5 Å². The van der Waals surface area contributed by atoms with Gasteiger partial charge in [-0.2, -0.15) is 5.10 Å². The Morgan fingerprint density at radius 3 is 2.74 bits per heavy atom. The van der Waals surface area contributed by atoms with Crippen molar-refractivity contribution in [2.45, 2.75) is 32.5 Å². The van der Waals surface area contributed by atoms with Crippen LogP contribution in [0.5, 0.6) is 0 Å². The van der Waals surface area contributed by atoms with Gasteiger partial charge < -0.3 is 15.1 Å². The van der Waals surface area contributed by atoms with E-state index in [1.807, 2.05) is 30.3 Å². The largest absolute Gasteiger partial charge is 0.469 e. The monoisotopic (exact) mass is 364 g/mol. The summed E-state index contributed by atoms with van der Waals surface area (Å²) in [6.07, 6.45) is 2.14. The molecule has 7 heteroatoms. The summed E-state index contributed by atoms with van der Waals surface area (Å²) in [4.78, 5) is 24.6. The summed E-state index contributed by atoms with van der Waals surface area (Å²) in [7, 11) is 0. The van der Waals surface area contributed by atoms with Crippen LogP contribution in [0.4, 0.5) is 0 Å². The van der Waals surface area contributed by atoms with E-state index in [0.29, 0.717) is 36.5 Å². The summed E-state index contributed by atoms with van der Waals surface area (Å²) in [6, 6.07) is 13.1. The second kappa shape index (κ2) is 7.11. The van der Waals surface area contributed by atoms with Crippen LogP contribution in [0.1, 0.15) is 37.9 Å². The molecule has 1 aliphatic heterocycles. The highest BCUT2D eigenvalue weighted by Crippen LogP contribution is 2.17. The molecule has 0 fully saturated rings. The molecule has 3 heterocycles. The Hall–Kier alpha value is -3.35. The van der Waals surface area contributed by atoms with Gasteiger partial charge in [0.1, 0.15) is 11.5 Å². The normalized spacial score (nSPS) is 15.4. The van der Waals surface area contributed by atoms with Crippen LogP contribution in [0, 0.1) is 6.92 Å². The van der Waals surface area contributed by atoms with Crippen molar-refractivity contribution in [2.75, 3.05) is 0 Å². The third-order valence-corrected chi connectivity index (χ3v) is 4.68. The molecular formula is C20H20N4O3. The number of carbonyl (C=O) groups excluding carboxylic acids is 2. The van der Waals surface area contributed by atoms with Gasteiger partial charge in [0.15, 0.2) is 0 Å². The van der Waals surface area contributed by atoms with Crippen LogP contribution < -0.4 is 10.6 Å². The Kier molecular flexibility index (Phi) is 4.50. The minimum atomic E-state index is -0.199. The van der Waals surface area contributed by atoms with E-state index >= 15 is 0 Å². The van der Waals surface area contributed by atoms with Crippen molar-refractivity contribution in [3.05, 3.63) is 77.0 Å². The van der Waals surface area contributed by atoms with E-state index in [-0.39, 0.29) is 17.9 Å². The van der Waals surface area contributed by atoms with E-state index < -0.39 is 0 Å². The highest BCUT2D eigenvalue weighted by atomic mass is 16.3. The summed E-state index contributed by atoms with van der Waals surface area (Å²) in [5, 5.41) is 10.2. The predicted molar refractivity (Wildman–Crippen MR) is 98.2 cm³/mol. The zero-order chi connectivity index (χ0) is 18.8. The molecule has 2 N–H and O–H groups in total. The first kappa shape index (κ1) is 17.1. The maximum Gasteiger partial charge on any atom is 0.272 e. The van der Waals surface area contributed by atoms with E-state index in [4.69, 9.17) is 4.42 Å². The first-order valence-corrected chi connectivity index (χ1v) is 8.84. The topological polar surface area (TPSA) is 89.2 Å². The average molecular weight is 364 g/mol. The lowest BCUT2D eigenvalue weighted by Crippen LogP contribution is -2.36. The molecule has 0 radical (unpaired) electrons. The highest BCUT2D eigenvalue weighted by Gasteiger charge is 2.27. The van der Waals surface area contributed by atoms with Gasteiger partial charge in [-0.1, -0.05) is 30.3 Å². The molecule has 7 nitrogen and oxygen atoms in total. The minimum absolute atomic E-state index is 0.0456. The standard InChI is InChI=1S/C20H20N4O3/c1-13-17(7-8-27-13)19(25)22-15-9-16-10-18(23-24(16)12-15)20(26)21-11-14-5-3-2-4-6-14/h2-8,10,15H,9,11-12H2,1H3,(H,21,26)(H,22,25)/t15-/m0/s1. The van der Waals surface area contributed by atoms with Crippen LogP contribution in [0.25, 0.3) is 0 Å². The van der Waals surface area contributed by atoms with Crippen molar-refractivity contribution in [1.82, 2.24) is 20.4 Å². The van der Waals surface area contributed by atoms with Crippen molar-refractivity contribution in [1.29, 1.82) is 0 Å². The molecular weight excluding hydrogens is 344 g/mol. The van der Waals surface area contributed by atoms with E-state index in [9.17, 15) is 9.59 Å². The number of carbonyl (C=O) groups is 2. The van der Waals surface area contributed by atoms with Gasteiger partial charge in [0, 0.05) is 18.7 Å². The molecule has 0 saturated heterocycles. The van der Waals surface area contributed by atoms with E-state index in [1.54, 1.807) is 23.7 Å². The van der Waals surface area contributed by atoms with Crippen molar-refractivity contribution < 1.29 is 14.0 Å². The molecule has 0 saturated carbocycles. The number of rotatable bonds is 5. The number of fused-ring (bicyclic) bond motifs is 1. The third kappa shape index (κ3) is 3.62. The molecule has 1 aliphatic rings. The molecule has 27 heavy (non-hydrogen) atoms. The van der Waals surface area contributed by atoms with Crippen molar-refractivity contribution in [3.63, 3.8) is 0 Å².